The molecule has 0 bridgehead atoms. The van der Waals surface area contributed by atoms with Crippen LogP contribution in [0.3, 0.4) is 0 Å². The van der Waals surface area contributed by atoms with Crippen LogP contribution in [0.2, 0.25) is 0 Å². The fraction of sp³-hybridized carbons (Fsp3) is 0.438. The van der Waals surface area contributed by atoms with Crippen LogP contribution in [-0.4, -0.2) is 12.5 Å². The molecule has 1 aliphatic carbocycles. The monoisotopic (exact) mass is 258 g/mol. The highest BCUT2D eigenvalue weighted by atomic mass is 16.1. The minimum atomic E-state index is -0.00660. The molecule has 2 rings (SSSR count). The van der Waals surface area contributed by atoms with Crippen molar-refractivity contribution >= 4 is 5.91 Å². The molecule has 3 N–H and O–H groups in total. The number of nitrogens with two attached hydrogens (primary N) is 1. The third-order valence-corrected chi connectivity index (χ3v) is 3.57. The Kier molecular flexibility index (Phi) is 5.16. The third kappa shape index (κ3) is 4.52. The molecule has 0 radical (unpaired) electrons. The molecule has 3 heteroatoms. The number of hydrogen-bond acceptors (Lipinski definition) is 2. The molecule has 1 aromatic carbocycles. The van der Waals surface area contributed by atoms with Crippen molar-refractivity contribution in [3.63, 3.8) is 0 Å². The van der Waals surface area contributed by atoms with Crippen LogP contribution in [0.15, 0.2) is 42.5 Å². The number of rotatable bonds is 6. The number of carbonyl (C=O) groups excluding carboxylic acids is 1. The van der Waals surface area contributed by atoms with Crippen LogP contribution in [0, 0.1) is 5.92 Å². The van der Waals surface area contributed by atoms with Crippen molar-refractivity contribution in [1.82, 2.24) is 5.32 Å². The number of hydrogen-bond donors (Lipinski definition) is 2. The van der Waals surface area contributed by atoms with Gasteiger partial charge in [-0.25, -0.2) is 0 Å². The van der Waals surface area contributed by atoms with Crippen LogP contribution >= 0.6 is 0 Å². The molecular weight excluding hydrogens is 236 g/mol. The van der Waals surface area contributed by atoms with Crippen molar-refractivity contribution < 1.29 is 4.79 Å². The normalized spacial score (nSPS) is 19.3. The summed E-state index contributed by atoms with van der Waals surface area (Å²) in [5, 5.41) is 2.96. The highest BCUT2D eigenvalue weighted by Crippen LogP contribution is 2.20. The minimum Gasteiger partial charge on any atom is -0.356 e. The highest BCUT2D eigenvalue weighted by Gasteiger charge is 2.13. The maximum atomic E-state index is 11.7. The molecule has 1 aromatic rings. The van der Waals surface area contributed by atoms with Crippen LogP contribution in [-0.2, 0) is 4.79 Å². The van der Waals surface area contributed by atoms with E-state index in [1.54, 1.807) is 0 Å². The van der Waals surface area contributed by atoms with Gasteiger partial charge >= 0.3 is 0 Å². The Hall–Kier alpha value is -1.61. The van der Waals surface area contributed by atoms with Crippen molar-refractivity contribution in [1.29, 1.82) is 0 Å². The van der Waals surface area contributed by atoms with Gasteiger partial charge < -0.3 is 11.1 Å². The summed E-state index contributed by atoms with van der Waals surface area (Å²) >= 11 is 0. The van der Waals surface area contributed by atoms with Gasteiger partial charge in [0.1, 0.15) is 0 Å². The van der Waals surface area contributed by atoms with Gasteiger partial charge in [-0.3, -0.25) is 4.79 Å². The fourth-order valence-electron chi connectivity index (χ4n) is 2.41. The minimum absolute atomic E-state index is 0.00660. The lowest BCUT2D eigenvalue weighted by atomic mass is 10.0. The molecule has 1 aliphatic rings. The lowest BCUT2D eigenvalue weighted by molar-refractivity contribution is -0.121. The van der Waals surface area contributed by atoms with Gasteiger partial charge in [0.2, 0.25) is 5.91 Å². The molecule has 0 aliphatic heterocycles. The Bertz CT molecular complexity index is 428. The van der Waals surface area contributed by atoms with E-state index >= 15 is 0 Å². The van der Waals surface area contributed by atoms with Gasteiger partial charge in [-0.15, -0.1) is 0 Å². The molecule has 2 unspecified atom stereocenters. The summed E-state index contributed by atoms with van der Waals surface area (Å²) in [5.74, 6) is 0.569. The van der Waals surface area contributed by atoms with Gasteiger partial charge in [-0.05, 0) is 30.7 Å². The topological polar surface area (TPSA) is 55.1 Å². The Balaban J connectivity index is 1.65. The van der Waals surface area contributed by atoms with Crippen molar-refractivity contribution in [2.45, 2.75) is 31.7 Å². The van der Waals surface area contributed by atoms with Gasteiger partial charge in [-0.2, -0.15) is 0 Å². The highest BCUT2D eigenvalue weighted by molar-refractivity contribution is 5.76. The number of allylic oxidation sites excluding steroid dienone is 2. The quantitative estimate of drug-likeness (QED) is 0.770. The molecule has 0 spiro atoms. The lowest BCUT2D eigenvalue weighted by Crippen LogP contribution is -2.28. The Morgan fingerprint density at radius 1 is 1.37 bits per heavy atom. The summed E-state index contributed by atoms with van der Waals surface area (Å²) in [7, 11) is 0. The zero-order valence-electron chi connectivity index (χ0n) is 11.2. The van der Waals surface area contributed by atoms with Gasteiger partial charge in [0.15, 0.2) is 0 Å². The maximum absolute atomic E-state index is 11.7. The molecule has 2 atom stereocenters. The van der Waals surface area contributed by atoms with Crippen LogP contribution < -0.4 is 11.1 Å². The molecule has 0 aromatic heterocycles. The predicted molar refractivity (Wildman–Crippen MR) is 77.5 cm³/mol. The van der Waals surface area contributed by atoms with Crippen LogP contribution in [0.25, 0.3) is 0 Å². The van der Waals surface area contributed by atoms with E-state index < -0.39 is 0 Å². The SMILES string of the molecule is NC(CCNC(=O)CC1C=CCC1)c1ccccc1. The van der Waals surface area contributed by atoms with Crippen LogP contribution in [0.4, 0.5) is 0 Å². The first-order valence-corrected chi connectivity index (χ1v) is 6.99. The van der Waals surface area contributed by atoms with Crippen molar-refractivity contribution in [3.05, 3.63) is 48.0 Å². The number of amides is 1. The second-order valence-electron chi connectivity index (χ2n) is 5.13. The van der Waals surface area contributed by atoms with Crippen molar-refractivity contribution in [2.24, 2.45) is 11.7 Å². The van der Waals surface area contributed by atoms with Gasteiger partial charge in [-0.1, -0.05) is 42.5 Å². The smallest absolute Gasteiger partial charge is 0.220 e. The number of benzene rings is 1. The molecule has 3 nitrogen and oxygen atoms in total. The third-order valence-electron chi connectivity index (χ3n) is 3.57. The van der Waals surface area contributed by atoms with E-state index in [0.717, 1.165) is 24.8 Å². The first-order valence-electron chi connectivity index (χ1n) is 6.99. The molecular formula is C16H22N2O. The van der Waals surface area contributed by atoms with Gasteiger partial charge in [0.25, 0.3) is 0 Å². The standard InChI is InChI=1S/C16H22N2O/c17-15(14-8-2-1-3-9-14)10-11-18-16(19)12-13-6-4-5-7-13/h1-4,6,8-9,13,15H,5,7,10-12,17H2,(H,18,19). The average Bonchev–Trinajstić information content (AvgIpc) is 2.92. The fourth-order valence-corrected chi connectivity index (χ4v) is 2.41. The van der Waals surface area contributed by atoms with Crippen LogP contribution in [0.1, 0.15) is 37.3 Å². The summed E-state index contributed by atoms with van der Waals surface area (Å²) in [6.45, 7) is 0.644. The largest absolute Gasteiger partial charge is 0.356 e. The Morgan fingerprint density at radius 2 is 2.16 bits per heavy atom. The molecule has 0 saturated heterocycles. The van der Waals surface area contributed by atoms with Crippen molar-refractivity contribution in [3.8, 4) is 0 Å². The zero-order chi connectivity index (χ0) is 13.5. The van der Waals surface area contributed by atoms with E-state index in [1.807, 2.05) is 30.3 Å². The molecule has 19 heavy (non-hydrogen) atoms. The first kappa shape index (κ1) is 13.8. The maximum Gasteiger partial charge on any atom is 0.220 e. The molecule has 102 valence electrons. The summed E-state index contributed by atoms with van der Waals surface area (Å²) in [5.41, 5.74) is 7.20. The summed E-state index contributed by atoms with van der Waals surface area (Å²) in [6, 6.07) is 9.99. The van der Waals surface area contributed by atoms with E-state index in [-0.39, 0.29) is 11.9 Å². The summed E-state index contributed by atoms with van der Waals surface area (Å²) in [4.78, 5) is 11.7. The molecule has 0 fully saturated rings. The molecule has 0 saturated carbocycles. The van der Waals surface area contributed by atoms with E-state index in [4.69, 9.17) is 5.73 Å². The van der Waals surface area contributed by atoms with Crippen molar-refractivity contribution in [2.75, 3.05) is 6.54 Å². The Labute approximate surface area is 114 Å². The predicted octanol–water partition coefficient (Wildman–Crippen LogP) is 2.55. The Morgan fingerprint density at radius 3 is 2.84 bits per heavy atom. The van der Waals surface area contributed by atoms with Gasteiger partial charge in [0, 0.05) is 19.0 Å². The van der Waals surface area contributed by atoms with E-state index in [0.29, 0.717) is 18.9 Å². The summed E-state index contributed by atoms with van der Waals surface area (Å²) in [6.07, 6.45) is 7.90. The first-order chi connectivity index (χ1) is 9.25. The molecule has 1 amide bonds. The second kappa shape index (κ2) is 7.10. The molecule has 0 heterocycles. The summed E-state index contributed by atoms with van der Waals surface area (Å²) < 4.78 is 0. The van der Waals surface area contributed by atoms with E-state index in [2.05, 4.69) is 17.5 Å². The van der Waals surface area contributed by atoms with E-state index in [9.17, 15) is 4.79 Å². The number of carbonyl (C=O) groups is 1. The van der Waals surface area contributed by atoms with Gasteiger partial charge in [0.05, 0.1) is 0 Å². The zero-order valence-corrected chi connectivity index (χ0v) is 11.2. The lowest BCUT2D eigenvalue weighted by Gasteiger charge is -2.13. The second-order valence-corrected chi connectivity index (χ2v) is 5.13. The van der Waals surface area contributed by atoms with E-state index in [1.165, 1.54) is 0 Å². The van der Waals surface area contributed by atoms with Crippen LogP contribution in [0.5, 0.6) is 0 Å². The number of nitrogens with one attached hydrogen (secondary N) is 1. The average molecular weight is 258 g/mol.